The van der Waals surface area contributed by atoms with Crippen LogP contribution in [0, 0.1) is 0 Å². The average molecular weight is 1220 g/mol. The number of benzene rings is 7. The number of carbonyl (C=O) groups is 1. The van der Waals surface area contributed by atoms with Gasteiger partial charge in [0.1, 0.15) is 66.6 Å². The summed E-state index contributed by atoms with van der Waals surface area (Å²) in [5, 5.41) is 2.96. The minimum Gasteiger partial charge on any atom is -0.444 e. The molecule has 89 heavy (non-hydrogen) atoms. The number of hydrogen-bond donors (Lipinski definition) is 4. The molecule has 3 aliphatic rings. The molecule has 0 radical (unpaired) electrons. The summed E-state index contributed by atoms with van der Waals surface area (Å²) >= 11 is 0. The Morgan fingerprint density at radius 1 is 0.404 bits per heavy atom. The van der Waals surface area contributed by atoms with Gasteiger partial charge in [-0.3, -0.25) is 0 Å². The number of amides is 1. The van der Waals surface area contributed by atoms with E-state index in [1.165, 1.54) is 0 Å². The molecule has 0 unspecified atom stereocenters. The third-order valence-corrected chi connectivity index (χ3v) is 15.9. The molecule has 0 spiro atoms. The van der Waals surface area contributed by atoms with E-state index >= 15 is 0 Å². The number of hydrogen-bond acceptors (Lipinski definition) is 16. The number of alkyl carbamates (subject to hydrolysis) is 1. The highest BCUT2D eigenvalue weighted by Crippen LogP contribution is 2.37. The first-order valence-corrected chi connectivity index (χ1v) is 30.8. The molecular weight excluding hydrogens is 1130 g/mol. The molecule has 0 bridgehead atoms. The summed E-state index contributed by atoms with van der Waals surface area (Å²) in [5.41, 5.74) is 27.8. The van der Waals surface area contributed by atoms with Crippen LogP contribution in [0.4, 0.5) is 4.79 Å². The molecule has 1 saturated carbocycles. The standard InChI is InChI=1S/C72H86N4O13/c1-72(2,3)89-71(77)76-40-58-64(80-43-51-29-15-6-16-30-51)67(83-46-54-35-21-9-22-36-54)68(84-47-55-37-23-10-24-38-55)70(85-58)88-62-57(74)39-56(73)61(66(62)82-45-53-33-19-8-20-34-53)87-69-65(81-44-52-31-17-7-18-32-52)60(75)63(79-42-50-27-13-5-14-28-50)59(86-69)48-78-41-49-25-11-4-12-26-49/h4-38,56-70H,39-48,73-75H2,1-3H3,(H,76,77)/t56-,57+,58-,59-,60+,61+,62-,63-,64-,65-,66-,67+,68-,69-,70-/m1/s1. The molecule has 472 valence electrons. The summed E-state index contributed by atoms with van der Waals surface area (Å²) in [6.45, 7) is 6.82. The van der Waals surface area contributed by atoms with Crippen LogP contribution in [0.25, 0.3) is 0 Å². The molecule has 7 aromatic rings. The Kier molecular flexibility index (Phi) is 24.1. The Morgan fingerprint density at radius 2 is 0.719 bits per heavy atom. The number of carbonyl (C=O) groups excluding carboxylic acids is 1. The van der Waals surface area contributed by atoms with Gasteiger partial charge in [0.15, 0.2) is 12.6 Å². The van der Waals surface area contributed by atoms with E-state index in [2.05, 4.69) is 5.32 Å². The van der Waals surface area contributed by atoms with Crippen molar-refractivity contribution in [1.29, 1.82) is 0 Å². The SMILES string of the molecule is CC(C)(C)OC(=O)NC[C@H]1O[C@H](O[C@H]2[C@H](OCc3ccccc3)[C@@H](O[C@H]3O[C@H](COCc4ccccc4)[C@@H](OCc4ccccc4)[C@H](N)[C@H]3OCc3ccccc3)[C@H](N)C[C@@H]2N)[C@H](OCc2ccccc2)[C@@H](OCc2ccccc2)[C@@H]1OCc1ccccc1. The van der Waals surface area contributed by atoms with Crippen LogP contribution in [0.1, 0.15) is 66.1 Å². The van der Waals surface area contributed by atoms with Crippen LogP contribution in [0.5, 0.6) is 0 Å². The van der Waals surface area contributed by atoms with Gasteiger partial charge in [0.2, 0.25) is 0 Å². The van der Waals surface area contributed by atoms with E-state index < -0.39 is 103 Å². The quantitative estimate of drug-likeness (QED) is 0.0359. The van der Waals surface area contributed by atoms with Crippen molar-refractivity contribution in [2.75, 3.05) is 13.2 Å². The zero-order valence-electron chi connectivity index (χ0n) is 51.0. The largest absolute Gasteiger partial charge is 0.444 e. The van der Waals surface area contributed by atoms with E-state index in [4.69, 9.17) is 74.0 Å². The van der Waals surface area contributed by atoms with Gasteiger partial charge in [-0.05, 0) is 66.1 Å². The molecule has 17 nitrogen and oxygen atoms in total. The molecule has 17 heteroatoms. The van der Waals surface area contributed by atoms with Gasteiger partial charge >= 0.3 is 6.09 Å². The molecule has 0 aromatic heterocycles. The lowest BCUT2D eigenvalue weighted by Gasteiger charge is -2.51. The maximum atomic E-state index is 13.6. The molecule has 2 saturated heterocycles. The molecule has 3 fully saturated rings. The molecule has 1 amide bonds. The second kappa shape index (κ2) is 32.8. The average Bonchev–Trinajstić information content (AvgIpc) is 1.49. The van der Waals surface area contributed by atoms with Gasteiger partial charge in [-0.25, -0.2) is 4.79 Å². The summed E-state index contributed by atoms with van der Waals surface area (Å²) in [4.78, 5) is 13.6. The number of ether oxygens (including phenoxy) is 12. The van der Waals surface area contributed by atoms with Crippen LogP contribution in [0.2, 0.25) is 0 Å². The molecule has 10 rings (SSSR count). The smallest absolute Gasteiger partial charge is 0.407 e. The van der Waals surface area contributed by atoms with Crippen molar-refractivity contribution in [3.63, 3.8) is 0 Å². The van der Waals surface area contributed by atoms with Gasteiger partial charge < -0.3 is 79.4 Å². The minimum absolute atomic E-state index is 0.0674. The second-order valence-electron chi connectivity index (χ2n) is 23.9. The predicted molar refractivity (Wildman–Crippen MR) is 336 cm³/mol. The zero-order valence-corrected chi connectivity index (χ0v) is 51.0. The highest BCUT2D eigenvalue weighted by molar-refractivity contribution is 5.67. The molecule has 1 aliphatic carbocycles. The van der Waals surface area contributed by atoms with Gasteiger partial charge in [-0.2, -0.15) is 0 Å². The molecule has 7 N–H and O–H groups in total. The Balaban J connectivity index is 1.01. The highest BCUT2D eigenvalue weighted by Gasteiger charge is 2.55. The highest BCUT2D eigenvalue weighted by atomic mass is 16.7. The first-order chi connectivity index (χ1) is 43.4. The summed E-state index contributed by atoms with van der Waals surface area (Å²) in [5.74, 6) is 0. The second-order valence-corrected chi connectivity index (χ2v) is 23.9. The fourth-order valence-corrected chi connectivity index (χ4v) is 11.4. The third-order valence-electron chi connectivity index (χ3n) is 15.9. The molecular formula is C72H86N4O13. The van der Waals surface area contributed by atoms with Gasteiger partial charge in [-0.15, -0.1) is 0 Å². The lowest BCUT2D eigenvalue weighted by Crippen LogP contribution is -2.69. The van der Waals surface area contributed by atoms with Crippen LogP contribution in [0.3, 0.4) is 0 Å². The summed E-state index contributed by atoms with van der Waals surface area (Å²) in [6.07, 6.45) is -11.8. The van der Waals surface area contributed by atoms with Gasteiger partial charge in [-0.1, -0.05) is 212 Å². The van der Waals surface area contributed by atoms with Crippen molar-refractivity contribution in [2.45, 2.75) is 171 Å². The van der Waals surface area contributed by atoms with Crippen LogP contribution in [0.15, 0.2) is 212 Å². The van der Waals surface area contributed by atoms with Gasteiger partial charge in [0, 0.05) is 18.6 Å². The number of nitrogens with two attached hydrogens (primary N) is 3. The van der Waals surface area contributed by atoms with Crippen LogP contribution in [-0.4, -0.2) is 117 Å². The first-order valence-electron chi connectivity index (χ1n) is 30.8. The fourth-order valence-electron chi connectivity index (χ4n) is 11.4. The maximum absolute atomic E-state index is 13.6. The van der Waals surface area contributed by atoms with Crippen molar-refractivity contribution in [1.82, 2.24) is 5.32 Å². The van der Waals surface area contributed by atoms with Gasteiger partial charge in [0.25, 0.3) is 0 Å². The predicted octanol–water partition coefficient (Wildman–Crippen LogP) is 9.85. The van der Waals surface area contributed by atoms with E-state index in [1.54, 1.807) is 20.8 Å². The summed E-state index contributed by atoms with van der Waals surface area (Å²) < 4.78 is 83.0. The molecule has 15 atom stereocenters. The van der Waals surface area contributed by atoms with Crippen molar-refractivity contribution < 1.29 is 61.6 Å². The normalized spacial score (nSPS) is 27.1. The topological polar surface area (TPSA) is 218 Å². The first kappa shape index (κ1) is 65.2. The van der Waals surface area contributed by atoms with E-state index in [0.717, 1.165) is 38.9 Å². The van der Waals surface area contributed by atoms with Crippen molar-refractivity contribution in [3.8, 4) is 0 Å². The minimum atomic E-state index is -1.25. The van der Waals surface area contributed by atoms with Crippen LogP contribution in [-0.2, 0) is 103 Å². The Morgan fingerprint density at radius 3 is 1.11 bits per heavy atom. The lowest BCUT2D eigenvalue weighted by molar-refractivity contribution is -0.351. The maximum Gasteiger partial charge on any atom is 0.407 e. The molecule has 7 aromatic carbocycles. The summed E-state index contributed by atoms with van der Waals surface area (Å²) in [6, 6.07) is 66.7. The Bertz CT molecular complexity index is 3120. The summed E-state index contributed by atoms with van der Waals surface area (Å²) in [7, 11) is 0. The van der Waals surface area contributed by atoms with Crippen LogP contribution >= 0.6 is 0 Å². The Hall–Kier alpha value is -6.75. The monoisotopic (exact) mass is 1210 g/mol. The zero-order chi connectivity index (χ0) is 61.8. The van der Waals surface area contributed by atoms with Crippen LogP contribution < -0.4 is 22.5 Å². The fraction of sp³-hybridized carbons (Fsp3) is 0.403. The van der Waals surface area contributed by atoms with Crippen molar-refractivity contribution in [2.24, 2.45) is 17.2 Å². The van der Waals surface area contributed by atoms with Crippen molar-refractivity contribution >= 4 is 6.09 Å². The van der Waals surface area contributed by atoms with E-state index in [1.807, 2.05) is 212 Å². The molecule has 2 heterocycles. The molecule has 2 aliphatic heterocycles. The van der Waals surface area contributed by atoms with E-state index in [0.29, 0.717) is 6.61 Å². The lowest BCUT2D eigenvalue weighted by atomic mass is 9.84. The van der Waals surface area contributed by atoms with E-state index in [9.17, 15) is 4.79 Å². The van der Waals surface area contributed by atoms with Crippen molar-refractivity contribution in [3.05, 3.63) is 251 Å². The number of nitrogens with one attached hydrogen (secondary N) is 1. The number of rotatable bonds is 28. The van der Waals surface area contributed by atoms with Gasteiger partial charge in [0.05, 0.1) is 58.9 Å². The van der Waals surface area contributed by atoms with E-state index in [-0.39, 0.29) is 59.2 Å². The third kappa shape index (κ3) is 19.1. The Labute approximate surface area is 523 Å².